The third kappa shape index (κ3) is 12.8. The van der Waals surface area contributed by atoms with Crippen LogP contribution in [-0.2, 0) is 19.2 Å². The number of nitrogens with one attached hydrogen (secondary N) is 3. The summed E-state index contributed by atoms with van der Waals surface area (Å²) in [6.07, 6.45) is 6.83. The van der Waals surface area contributed by atoms with E-state index < -0.39 is 47.9 Å². The van der Waals surface area contributed by atoms with Crippen LogP contribution in [0.5, 0.6) is 0 Å². The highest BCUT2D eigenvalue weighted by atomic mass is 32.2. The minimum atomic E-state index is -1.12. The van der Waals surface area contributed by atoms with Gasteiger partial charge in [0.15, 0.2) is 0 Å². The highest BCUT2D eigenvalue weighted by Crippen LogP contribution is 2.10. The van der Waals surface area contributed by atoms with Crippen molar-refractivity contribution in [1.29, 1.82) is 0 Å². The Kier molecular flexibility index (Phi) is 18.0. The van der Waals surface area contributed by atoms with Crippen molar-refractivity contribution < 1.29 is 24.3 Å². The molecule has 10 nitrogen and oxygen atoms in total. The number of carboxylic acid groups (broad SMARTS) is 1. The second-order valence-electron chi connectivity index (χ2n) is 8.29. The van der Waals surface area contributed by atoms with E-state index in [0.29, 0.717) is 50.8 Å². The molecule has 0 saturated heterocycles. The number of hydrogen-bond donors (Lipinski definition) is 6. The Balaban J connectivity index is 5.46. The molecule has 34 heavy (non-hydrogen) atoms. The minimum absolute atomic E-state index is 0.274. The molecule has 0 fully saturated rings. The molecule has 0 aromatic heterocycles. The maximum Gasteiger partial charge on any atom is 0.326 e. The number of rotatable bonds is 19. The van der Waals surface area contributed by atoms with Crippen molar-refractivity contribution >= 4 is 47.2 Å². The van der Waals surface area contributed by atoms with Crippen LogP contribution < -0.4 is 27.4 Å². The average Bonchev–Trinajstić information content (AvgIpc) is 2.81. The maximum absolute atomic E-state index is 13.1. The largest absolute Gasteiger partial charge is 0.480 e. The van der Waals surface area contributed by atoms with Gasteiger partial charge in [-0.2, -0.15) is 23.5 Å². The van der Waals surface area contributed by atoms with Crippen LogP contribution in [0.2, 0.25) is 0 Å². The first-order valence-corrected chi connectivity index (χ1v) is 14.5. The minimum Gasteiger partial charge on any atom is -0.480 e. The Morgan fingerprint density at radius 2 is 1.38 bits per heavy atom. The van der Waals surface area contributed by atoms with Crippen LogP contribution >= 0.6 is 23.5 Å². The van der Waals surface area contributed by atoms with Crippen molar-refractivity contribution in [3.8, 4) is 0 Å². The smallest absolute Gasteiger partial charge is 0.326 e. The molecule has 198 valence electrons. The van der Waals surface area contributed by atoms with Crippen LogP contribution in [-0.4, -0.2) is 83.5 Å². The molecule has 0 rings (SSSR count). The first-order chi connectivity index (χ1) is 16.1. The van der Waals surface area contributed by atoms with E-state index in [4.69, 9.17) is 11.5 Å². The normalized spacial score (nSPS) is 15.5. The summed E-state index contributed by atoms with van der Waals surface area (Å²) in [4.78, 5) is 50.2. The third-order valence-electron chi connectivity index (χ3n) is 5.57. The number of carbonyl (C=O) groups is 4. The lowest BCUT2D eigenvalue weighted by molar-refractivity contribution is -0.143. The Labute approximate surface area is 211 Å². The van der Waals surface area contributed by atoms with E-state index in [-0.39, 0.29) is 5.92 Å². The molecule has 0 heterocycles. The van der Waals surface area contributed by atoms with Crippen LogP contribution in [0.4, 0.5) is 0 Å². The van der Waals surface area contributed by atoms with Crippen LogP contribution in [0.25, 0.3) is 0 Å². The van der Waals surface area contributed by atoms with Gasteiger partial charge in [0.1, 0.15) is 18.1 Å². The van der Waals surface area contributed by atoms with Gasteiger partial charge in [-0.15, -0.1) is 0 Å². The maximum atomic E-state index is 13.1. The third-order valence-corrected chi connectivity index (χ3v) is 6.86. The average molecular weight is 522 g/mol. The van der Waals surface area contributed by atoms with Crippen LogP contribution in [0.3, 0.4) is 0 Å². The Bertz CT molecular complexity index is 641. The van der Waals surface area contributed by atoms with Crippen molar-refractivity contribution in [3.05, 3.63) is 0 Å². The van der Waals surface area contributed by atoms with Gasteiger partial charge in [-0.1, -0.05) is 20.3 Å². The van der Waals surface area contributed by atoms with E-state index in [1.807, 2.05) is 19.4 Å². The van der Waals surface area contributed by atoms with Gasteiger partial charge in [-0.05, 0) is 68.6 Å². The van der Waals surface area contributed by atoms with Crippen LogP contribution in [0, 0.1) is 5.92 Å². The molecular formula is C22H43N5O5S2. The van der Waals surface area contributed by atoms with Gasteiger partial charge < -0.3 is 32.5 Å². The summed E-state index contributed by atoms with van der Waals surface area (Å²) in [6, 6.07) is -3.58. The van der Waals surface area contributed by atoms with E-state index in [0.717, 1.165) is 5.75 Å². The van der Waals surface area contributed by atoms with Crippen molar-refractivity contribution in [1.82, 2.24) is 16.0 Å². The van der Waals surface area contributed by atoms with Gasteiger partial charge in [0.25, 0.3) is 0 Å². The molecule has 0 aliphatic heterocycles. The molecule has 8 N–H and O–H groups in total. The molecular weight excluding hydrogens is 478 g/mol. The summed E-state index contributed by atoms with van der Waals surface area (Å²) in [5.41, 5.74) is 11.5. The fourth-order valence-electron chi connectivity index (χ4n) is 3.13. The summed E-state index contributed by atoms with van der Waals surface area (Å²) < 4.78 is 0. The zero-order valence-electron chi connectivity index (χ0n) is 20.8. The van der Waals surface area contributed by atoms with E-state index in [9.17, 15) is 24.3 Å². The van der Waals surface area contributed by atoms with Crippen molar-refractivity contribution in [2.24, 2.45) is 17.4 Å². The second-order valence-corrected chi connectivity index (χ2v) is 10.3. The number of amides is 3. The SMILES string of the molecule is CCC(C)C(NC(=O)C(CCSC)NC(=O)C(CCCCN)NC(=O)C(N)CCSC)C(=O)O. The quantitative estimate of drug-likeness (QED) is 0.132. The summed E-state index contributed by atoms with van der Waals surface area (Å²) in [5, 5.41) is 17.5. The van der Waals surface area contributed by atoms with Gasteiger partial charge in [0.05, 0.1) is 6.04 Å². The molecule has 0 aliphatic rings. The summed E-state index contributed by atoms with van der Waals surface area (Å²) in [5.74, 6) is -1.57. The number of carbonyl (C=O) groups excluding carboxylic acids is 3. The molecule has 0 aromatic rings. The lowest BCUT2D eigenvalue weighted by Crippen LogP contribution is -2.57. The zero-order chi connectivity index (χ0) is 26.1. The number of unbranched alkanes of at least 4 members (excludes halogenated alkanes) is 1. The predicted molar refractivity (Wildman–Crippen MR) is 140 cm³/mol. The topological polar surface area (TPSA) is 177 Å². The second kappa shape index (κ2) is 18.8. The van der Waals surface area contributed by atoms with Gasteiger partial charge in [-0.25, -0.2) is 4.79 Å². The van der Waals surface area contributed by atoms with Gasteiger partial charge in [0, 0.05) is 0 Å². The molecule has 5 unspecified atom stereocenters. The predicted octanol–water partition coefficient (Wildman–Crippen LogP) is 0.534. The summed E-state index contributed by atoms with van der Waals surface area (Å²) >= 11 is 3.09. The highest BCUT2D eigenvalue weighted by Gasteiger charge is 2.31. The molecule has 0 aliphatic carbocycles. The summed E-state index contributed by atoms with van der Waals surface area (Å²) in [6.45, 7) is 4.05. The molecule has 0 aromatic carbocycles. The Morgan fingerprint density at radius 1 is 0.853 bits per heavy atom. The summed E-state index contributed by atoms with van der Waals surface area (Å²) in [7, 11) is 0. The van der Waals surface area contributed by atoms with E-state index >= 15 is 0 Å². The number of hydrogen-bond acceptors (Lipinski definition) is 8. The molecule has 0 saturated carbocycles. The number of thioether (sulfide) groups is 2. The van der Waals surface area contributed by atoms with E-state index in [1.54, 1.807) is 18.7 Å². The first kappa shape index (κ1) is 32.5. The number of nitrogens with two attached hydrogens (primary N) is 2. The number of aliphatic carboxylic acids is 1. The standard InChI is InChI=1S/C22H43N5O5S2/c1-5-14(2)18(22(31)32)27-21(30)17(10-13-34-4)26-20(29)16(8-6-7-11-23)25-19(28)15(24)9-12-33-3/h14-18H,5-13,23-24H2,1-4H3,(H,25,28)(H,26,29)(H,27,30)(H,31,32). The fraction of sp³-hybridized carbons (Fsp3) is 0.818. The first-order valence-electron chi connectivity index (χ1n) is 11.7. The molecule has 12 heteroatoms. The molecule has 5 atom stereocenters. The van der Waals surface area contributed by atoms with E-state index in [1.165, 1.54) is 11.8 Å². The van der Waals surface area contributed by atoms with Crippen LogP contribution in [0.15, 0.2) is 0 Å². The molecule has 0 bridgehead atoms. The van der Waals surface area contributed by atoms with Gasteiger partial charge in [0.2, 0.25) is 17.7 Å². The van der Waals surface area contributed by atoms with E-state index in [2.05, 4.69) is 16.0 Å². The Hall–Kier alpha value is -1.50. The van der Waals surface area contributed by atoms with Gasteiger partial charge >= 0.3 is 5.97 Å². The lowest BCUT2D eigenvalue weighted by atomic mass is 9.98. The zero-order valence-corrected chi connectivity index (χ0v) is 22.4. The molecule has 3 amide bonds. The monoisotopic (exact) mass is 521 g/mol. The van der Waals surface area contributed by atoms with Crippen molar-refractivity contribution in [3.63, 3.8) is 0 Å². The number of carboxylic acids is 1. The fourth-order valence-corrected chi connectivity index (χ4v) is 4.09. The van der Waals surface area contributed by atoms with Gasteiger partial charge in [-0.3, -0.25) is 14.4 Å². The molecule has 0 spiro atoms. The van der Waals surface area contributed by atoms with Crippen molar-refractivity contribution in [2.75, 3.05) is 30.6 Å². The lowest BCUT2D eigenvalue weighted by Gasteiger charge is -2.26. The Morgan fingerprint density at radius 3 is 1.91 bits per heavy atom. The van der Waals surface area contributed by atoms with Crippen molar-refractivity contribution in [2.45, 2.75) is 76.5 Å². The van der Waals surface area contributed by atoms with Crippen LogP contribution in [0.1, 0.15) is 52.4 Å². The highest BCUT2D eigenvalue weighted by molar-refractivity contribution is 7.98. The molecule has 0 radical (unpaired) electrons.